The standard InChI is InChI=1S/C15H19FN2OS/c1-4-12-8-17-15(20-12)10(3)18-9(2)13-6-5-11(16)7-14(13)19/h5-10,18-19H,4H2,1-3H3. The molecule has 0 spiro atoms. The van der Waals surface area contributed by atoms with Crippen LogP contribution in [0, 0.1) is 5.82 Å². The molecular weight excluding hydrogens is 275 g/mol. The number of nitrogens with zero attached hydrogens (tertiary/aromatic N) is 1. The van der Waals surface area contributed by atoms with Crippen molar-refractivity contribution in [1.29, 1.82) is 0 Å². The summed E-state index contributed by atoms with van der Waals surface area (Å²) in [6, 6.07) is 4.10. The maximum atomic E-state index is 13.0. The molecule has 0 fully saturated rings. The summed E-state index contributed by atoms with van der Waals surface area (Å²) >= 11 is 1.69. The fourth-order valence-electron chi connectivity index (χ4n) is 2.11. The third kappa shape index (κ3) is 3.35. The molecule has 1 aromatic heterocycles. The lowest BCUT2D eigenvalue weighted by Gasteiger charge is -2.19. The number of phenols is 1. The van der Waals surface area contributed by atoms with Crippen molar-refractivity contribution < 1.29 is 9.50 Å². The van der Waals surface area contributed by atoms with Crippen LogP contribution in [0.15, 0.2) is 24.4 Å². The highest BCUT2D eigenvalue weighted by molar-refractivity contribution is 7.11. The van der Waals surface area contributed by atoms with Crippen LogP contribution in [0.5, 0.6) is 5.75 Å². The fourth-order valence-corrected chi connectivity index (χ4v) is 2.97. The third-order valence-electron chi connectivity index (χ3n) is 3.25. The minimum absolute atomic E-state index is 0.0226. The Morgan fingerprint density at radius 2 is 2.10 bits per heavy atom. The predicted molar refractivity (Wildman–Crippen MR) is 79.5 cm³/mol. The second-order valence-electron chi connectivity index (χ2n) is 4.83. The first-order valence-corrected chi connectivity index (χ1v) is 7.52. The quantitative estimate of drug-likeness (QED) is 0.877. The molecule has 0 bridgehead atoms. The summed E-state index contributed by atoms with van der Waals surface area (Å²) in [6.07, 6.45) is 2.89. The van der Waals surface area contributed by atoms with E-state index in [1.54, 1.807) is 17.4 Å². The normalized spacial score (nSPS) is 14.2. The van der Waals surface area contributed by atoms with E-state index >= 15 is 0 Å². The molecule has 0 radical (unpaired) electrons. The van der Waals surface area contributed by atoms with E-state index in [4.69, 9.17) is 0 Å². The molecule has 0 aliphatic rings. The third-order valence-corrected chi connectivity index (χ3v) is 4.57. The highest BCUT2D eigenvalue weighted by Gasteiger charge is 2.16. The number of aromatic hydroxyl groups is 1. The van der Waals surface area contributed by atoms with Crippen molar-refractivity contribution in [2.75, 3.05) is 0 Å². The van der Waals surface area contributed by atoms with E-state index in [2.05, 4.69) is 17.2 Å². The molecule has 1 aromatic carbocycles. The minimum Gasteiger partial charge on any atom is -0.508 e. The Bertz CT molecular complexity index is 585. The van der Waals surface area contributed by atoms with Gasteiger partial charge in [0.1, 0.15) is 16.6 Å². The summed E-state index contributed by atoms with van der Waals surface area (Å²) in [4.78, 5) is 5.66. The number of rotatable bonds is 5. The van der Waals surface area contributed by atoms with Crippen molar-refractivity contribution in [3.05, 3.63) is 45.7 Å². The first-order valence-electron chi connectivity index (χ1n) is 6.70. The maximum absolute atomic E-state index is 13.0. The Morgan fingerprint density at radius 3 is 2.70 bits per heavy atom. The van der Waals surface area contributed by atoms with Gasteiger partial charge in [0.2, 0.25) is 0 Å². The van der Waals surface area contributed by atoms with Crippen LogP contribution in [0.4, 0.5) is 4.39 Å². The van der Waals surface area contributed by atoms with Gasteiger partial charge in [-0.2, -0.15) is 0 Å². The molecule has 0 saturated heterocycles. The average molecular weight is 294 g/mol. The molecule has 20 heavy (non-hydrogen) atoms. The molecular formula is C15H19FN2OS. The maximum Gasteiger partial charge on any atom is 0.126 e. The van der Waals surface area contributed by atoms with E-state index in [-0.39, 0.29) is 17.8 Å². The number of nitrogens with one attached hydrogen (secondary N) is 1. The van der Waals surface area contributed by atoms with Gasteiger partial charge < -0.3 is 10.4 Å². The van der Waals surface area contributed by atoms with Crippen LogP contribution in [0.1, 0.15) is 48.3 Å². The van der Waals surface area contributed by atoms with E-state index in [1.165, 1.54) is 10.9 Å². The van der Waals surface area contributed by atoms with E-state index in [0.717, 1.165) is 17.5 Å². The molecule has 1 heterocycles. The summed E-state index contributed by atoms with van der Waals surface area (Å²) in [5, 5.41) is 14.2. The zero-order chi connectivity index (χ0) is 14.7. The topological polar surface area (TPSA) is 45.2 Å². The molecule has 108 valence electrons. The number of phenolic OH excluding ortho intramolecular Hbond substituents is 1. The van der Waals surface area contributed by atoms with Gasteiger partial charge in [0.25, 0.3) is 0 Å². The van der Waals surface area contributed by atoms with Crippen molar-refractivity contribution in [3.8, 4) is 5.75 Å². The first kappa shape index (κ1) is 14.9. The van der Waals surface area contributed by atoms with E-state index < -0.39 is 5.82 Å². The van der Waals surface area contributed by atoms with Gasteiger partial charge in [-0.3, -0.25) is 0 Å². The average Bonchev–Trinajstić information content (AvgIpc) is 2.87. The molecule has 0 saturated carbocycles. The van der Waals surface area contributed by atoms with Crippen LogP contribution in [0.3, 0.4) is 0 Å². The summed E-state index contributed by atoms with van der Waals surface area (Å²) in [5.41, 5.74) is 0.686. The van der Waals surface area contributed by atoms with Crippen molar-refractivity contribution in [2.24, 2.45) is 0 Å². The van der Waals surface area contributed by atoms with Crippen molar-refractivity contribution >= 4 is 11.3 Å². The second kappa shape index (κ2) is 6.33. The van der Waals surface area contributed by atoms with E-state index in [1.807, 2.05) is 20.0 Å². The molecule has 0 amide bonds. The molecule has 3 nitrogen and oxygen atoms in total. The predicted octanol–water partition coefficient (Wildman–Crippen LogP) is 3.96. The molecule has 2 N–H and O–H groups in total. The smallest absolute Gasteiger partial charge is 0.126 e. The van der Waals surface area contributed by atoms with Gasteiger partial charge in [-0.25, -0.2) is 9.37 Å². The van der Waals surface area contributed by atoms with Crippen LogP contribution in [0.2, 0.25) is 0 Å². The van der Waals surface area contributed by atoms with Crippen molar-refractivity contribution in [1.82, 2.24) is 10.3 Å². The van der Waals surface area contributed by atoms with Gasteiger partial charge >= 0.3 is 0 Å². The van der Waals surface area contributed by atoms with Crippen LogP contribution < -0.4 is 5.32 Å². The first-order chi connectivity index (χ1) is 9.51. The fraction of sp³-hybridized carbons (Fsp3) is 0.400. The number of hydrogen-bond acceptors (Lipinski definition) is 4. The van der Waals surface area contributed by atoms with E-state index in [9.17, 15) is 9.50 Å². The molecule has 0 aliphatic heterocycles. The number of thiazole rings is 1. The Kier molecular flexibility index (Phi) is 4.73. The minimum atomic E-state index is -0.431. The van der Waals surface area contributed by atoms with Crippen molar-refractivity contribution in [3.63, 3.8) is 0 Å². The van der Waals surface area contributed by atoms with E-state index in [0.29, 0.717) is 5.56 Å². The summed E-state index contributed by atoms with van der Waals surface area (Å²) < 4.78 is 13.0. The lowest BCUT2D eigenvalue weighted by Crippen LogP contribution is -2.22. The molecule has 2 aromatic rings. The largest absolute Gasteiger partial charge is 0.508 e. The number of aromatic nitrogens is 1. The monoisotopic (exact) mass is 294 g/mol. The summed E-state index contributed by atoms with van der Waals surface area (Å²) in [6.45, 7) is 6.09. The summed E-state index contributed by atoms with van der Waals surface area (Å²) in [5.74, 6) is -0.454. The number of halogens is 1. The second-order valence-corrected chi connectivity index (χ2v) is 5.98. The molecule has 2 rings (SSSR count). The number of benzene rings is 1. The Hall–Kier alpha value is -1.46. The van der Waals surface area contributed by atoms with Crippen LogP contribution in [0.25, 0.3) is 0 Å². The van der Waals surface area contributed by atoms with Gasteiger partial charge in [0.15, 0.2) is 0 Å². The highest BCUT2D eigenvalue weighted by Crippen LogP contribution is 2.28. The van der Waals surface area contributed by atoms with Crippen LogP contribution in [-0.4, -0.2) is 10.1 Å². The molecule has 0 aliphatic carbocycles. The lowest BCUT2D eigenvalue weighted by molar-refractivity contribution is 0.433. The highest BCUT2D eigenvalue weighted by atomic mass is 32.1. The SMILES string of the molecule is CCc1cnc(C(C)NC(C)c2ccc(F)cc2O)s1. The molecule has 2 atom stereocenters. The summed E-state index contributed by atoms with van der Waals surface area (Å²) in [7, 11) is 0. The zero-order valence-electron chi connectivity index (χ0n) is 11.9. The van der Waals surface area contributed by atoms with Crippen LogP contribution >= 0.6 is 11.3 Å². The number of aryl methyl sites for hydroxylation is 1. The van der Waals surface area contributed by atoms with Gasteiger partial charge in [-0.15, -0.1) is 11.3 Å². The van der Waals surface area contributed by atoms with Gasteiger partial charge in [0, 0.05) is 28.7 Å². The zero-order valence-corrected chi connectivity index (χ0v) is 12.7. The van der Waals surface area contributed by atoms with Crippen LogP contribution in [-0.2, 0) is 6.42 Å². The Balaban J connectivity index is 2.08. The molecule has 5 heteroatoms. The van der Waals surface area contributed by atoms with Gasteiger partial charge in [0.05, 0.1) is 6.04 Å². The Labute approximate surface area is 122 Å². The van der Waals surface area contributed by atoms with Gasteiger partial charge in [-0.05, 0) is 26.3 Å². The lowest BCUT2D eigenvalue weighted by atomic mass is 10.1. The van der Waals surface area contributed by atoms with Crippen molar-refractivity contribution in [2.45, 2.75) is 39.3 Å². The number of hydrogen-bond donors (Lipinski definition) is 2. The molecule has 2 unspecified atom stereocenters. The van der Waals surface area contributed by atoms with Gasteiger partial charge in [-0.1, -0.05) is 13.0 Å². The Morgan fingerprint density at radius 1 is 1.35 bits per heavy atom.